The smallest absolute Gasteiger partial charge is 0.353 e. The van der Waals surface area contributed by atoms with Gasteiger partial charge in [-0.2, -0.15) is 26.3 Å². The number of carbonyl (C=O) groups excluding carboxylic acids is 1. The van der Waals surface area contributed by atoms with E-state index in [1.54, 1.807) is 24.5 Å². The minimum absolute atomic E-state index is 0.0382. The highest BCUT2D eigenvalue weighted by Crippen LogP contribution is 2.59. The second-order valence-corrected chi connectivity index (χ2v) is 13.3. The molecule has 0 unspecified atom stereocenters. The van der Waals surface area contributed by atoms with Crippen LogP contribution in [0.3, 0.4) is 0 Å². The Hall–Kier alpha value is -3.55. The van der Waals surface area contributed by atoms with Crippen molar-refractivity contribution in [2.75, 3.05) is 0 Å². The van der Waals surface area contributed by atoms with Crippen LogP contribution in [0.2, 0.25) is 0 Å². The first-order valence-corrected chi connectivity index (χ1v) is 15.2. The molecular weight excluding hydrogens is 620 g/mol. The maximum Gasteiger partial charge on any atom is 0.435 e. The first-order valence-electron chi connectivity index (χ1n) is 13.7. The van der Waals surface area contributed by atoms with E-state index in [-0.39, 0.29) is 54.0 Å². The van der Waals surface area contributed by atoms with Gasteiger partial charge in [0.05, 0.1) is 4.90 Å². The van der Waals surface area contributed by atoms with E-state index in [4.69, 9.17) is 0 Å². The third-order valence-electron chi connectivity index (χ3n) is 8.72. The average Bonchev–Trinajstić information content (AvgIpc) is 3.35. The van der Waals surface area contributed by atoms with Crippen molar-refractivity contribution in [3.63, 3.8) is 0 Å². The monoisotopic (exact) mass is 646 g/mol. The highest BCUT2D eigenvalue weighted by atomic mass is 32.2. The lowest BCUT2D eigenvalue weighted by Gasteiger charge is -2.43. The molecule has 1 saturated carbocycles. The molecule has 0 aliphatic heterocycles. The molecule has 0 saturated heterocycles. The van der Waals surface area contributed by atoms with Crippen molar-refractivity contribution < 1.29 is 48.3 Å². The van der Waals surface area contributed by atoms with Gasteiger partial charge in [0.2, 0.25) is 5.91 Å². The van der Waals surface area contributed by atoms with Crippen molar-refractivity contribution in [2.24, 2.45) is 5.92 Å². The van der Waals surface area contributed by atoms with Crippen molar-refractivity contribution in [3.8, 4) is 0 Å². The van der Waals surface area contributed by atoms with Gasteiger partial charge in [-0.25, -0.2) is 17.2 Å². The fourth-order valence-electron chi connectivity index (χ4n) is 6.64. The molecule has 0 bridgehead atoms. The van der Waals surface area contributed by atoms with Gasteiger partial charge in [0, 0.05) is 36.3 Å². The van der Waals surface area contributed by atoms with Gasteiger partial charge in [-0.1, -0.05) is 18.2 Å². The Labute approximate surface area is 247 Å². The molecule has 0 spiro atoms. The number of hydrogen-bond donors (Lipinski definition) is 1. The summed E-state index contributed by atoms with van der Waals surface area (Å²) in [6.45, 7) is 0. The van der Waals surface area contributed by atoms with Crippen LogP contribution in [0.4, 0.5) is 35.1 Å². The molecule has 14 heteroatoms. The normalized spacial score (nSPS) is 22.3. The van der Waals surface area contributed by atoms with E-state index in [1.165, 1.54) is 0 Å². The Kier molecular flexibility index (Phi) is 8.05. The van der Waals surface area contributed by atoms with E-state index in [9.17, 15) is 48.3 Å². The van der Waals surface area contributed by atoms with Gasteiger partial charge >= 0.3 is 18.0 Å². The zero-order valence-electron chi connectivity index (χ0n) is 22.9. The van der Waals surface area contributed by atoms with Gasteiger partial charge in [-0.3, -0.25) is 9.78 Å². The Morgan fingerprint density at radius 1 is 0.909 bits per heavy atom. The second-order valence-electron chi connectivity index (χ2n) is 11.1. The molecule has 1 heterocycles. The summed E-state index contributed by atoms with van der Waals surface area (Å²) >= 11 is 0. The number of carbonyl (C=O) groups is 1. The van der Waals surface area contributed by atoms with Gasteiger partial charge in [0.25, 0.3) is 0 Å². The predicted molar refractivity (Wildman–Crippen MR) is 142 cm³/mol. The Balaban J connectivity index is 1.57. The fourth-order valence-corrected chi connectivity index (χ4v) is 9.11. The molecular formula is C30H26F8N2O3S. The standard InChI is InChI=1S/C30H26F8N2O3S/c31-21-4-6-22(7-5-21)44(42,43)27-14-11-25(40-26(41)10-1-18-12-15-39-16-13-18)24(27)8-2-19-17-20(3-9-23(19)27)28(32,29(33,34)35)30(36,37)38/h3-7,9,12-13,15-17,24-25H,1-2,8,10-11,14H2,(H,40,41)/t24-,25+,27+/m0/s1. The number of nitrogens with one attached hydrogen (secondary N) is 1. The number of alkyl halides is 7. The van der Waals surface area contributed by atoms with E-state index >= 15 is 0 Å². The van der Waals surface area contributed by atoms with Crippen molar-refractivity contribution >= 4 is 15.7 Å². The maximum absolute atomic E-state index is 15.0. The zero-order valence-corrected chi connectivity index (χ0v) is 23.7. The molecule has 5 rings (SSSR count). The molecule has 1 amide bonds. The molecule has 2 aliphatic rings. The Morgan fingerprint density at radius 3 is 2.16 bits per heavy atom. The largest absolute Gasteiger partial charge is 0.435 e. The van der Waals surface area contributed by atoms with Crippen LogP contribution in [0, 0.1) is 11.7 Å². The summed E-state index contributed by atoms with van der Waals surface area (Å²) in [5.41, 5.74) is -6.79. The number of halogens is 8. The lowest BCUT2D eigenvalue weighted by atomic mass is 9.74. The molecule has 3 atom stereocenters. The first kappa shape index (κ1) is 31.9. The number of amides is 1. The second kappa shape index (κ2) is 11.1. The molecule has 0 radical (unpaired) electrons. The SMILES string of the molecule is O=C(CCc1ccncc1)N[C@@H]1CC[C@@]2(S(=O)(=O)c3ccc(F)cc3)c3ccc(C(F)(C(F)(F)F)C(F)(F)F)cc3CC[C@@H]12. The van der Waals surface area contributed by atoms with E-state index in [0.717, 1.165) is 35.9 Å². The first-order chi connectivity index (χ1) is 20.5. The number of aryl methyl sites for hydroxylation is 2. The maximum atomic E-state index is 15.0. The van der Waals surface area contributed by atoms with Crippen molar-refractivity contribution in [2.45, 2.75) is 72.2 Å². The third kappa shape index (κ3) is 5.14. The fraction of sp³-hybridized carbons (Fsp3) is 0.400. The predicted octanol–water partition coefficient (Wildman–Crippen LogP) is 6.65. The molecule has 1 aromatic heterocycles. The summed E-state index contributed by atoms with van der Waals surface area (Å²) < 4.78 is 137. The number of benzene rings is 2. The number of aromatic nitrogens is 1. The highest BCUT2D eigenvalue weighted by molar-refractivity contribution is 7.92. The lowest BCUT2D eigenvalue weighted by Crippen LogP contribution is -2.51. The number of pyridine rings is 1. The number of fused-ring (bicyclic) bond motifs is 3. The van der Waals surface area contributed by atoms with Crippen LogP contribution in [-0.2, 0) is 37.9 Å². The number of sulfone groups is 1. The van der Waals surface area contributed by atoms with Crippen LogP contribution in [0.5, 0.6) is 0 Å². The van der Waals surface area contributed by atoms with E-state index in [0.29, 0.717) is 18.6 Å². The van der Waals surface area contributed by atoms with E-state index in [2.05, 4.69) is 10.3 Å². The summed E-state index contributed by atoms with van der Waals surface area (Å²) in [4.78, 5) is 16.5. The molecule has 236 valence electrons. The zero-order chi connectivity index (χ0) is 32.1. The van der Waals surface area contributed by atoms with Gasteiger partial charge in [0.15, 0.2) is 9.84 Å². The molecule has 1 N–H and O–H groups in total. The van der Waals surface area contributed by atoms with Crippen molar-refractivity contribution in [1.82, 2.24) is 10.3 Å². The molecule has 44 heavy (non-hydrogen) atoms. The van der Waals surface area contributed by atoms with Crippen molar-refractivity contribution in [3.05, 3.63) is 95.1 Å². The van der Waals surface area contributed by atoms with Crippen LogP contribution in [0.25, 0.3) is 0 Å². The summed E-state index contributed by atoms with van der Waals surface area (Å²) in [5.74, 6) is -1.93. The van der Waals surface area contributed by atoms with Crippen LogP contribution in [0.15, 0.2) is 71.9 Å². The van der Waals surface area contributed by atoms with Gasteiger partial charge in [-0.15, -0.1) is 0 Å². The summed E-state index contributed by atoms with van der Waals surface area (Å²) in [7, 11) is -4.48. The third-order valence-corrected chi connectivity index (χ3v) is 11.3. The van der Waals surface area contributed by atoms with Gasteiger partial charge in [-0.05, 0) is 85.2 Å². The molecule has 2 aromatic carbocycles. The number of rotatable bonds is 7. The molecule has 3 aromatic rings. The minimum atomic E-state index is -6.34. The number of hydrogen-bond acceptors (Lipinski definition) is 4. The molecule has 5 nitrogen and oxygen atoms in total. The van der Waals surface area contributed by atoms with Crippen LogP contribution in [0.1, 0.15) is 47.9 Å². The molecule has 2 aliphatic carbocycles. The van der Waals surface area contributed by atoms with Crippen LogP contribution >= 0.6 is 0 Å². The Morgan fingerprint density at radius 2 is 1.55 bits per heavy atom. The topological polar surface area (TPSA) is 76.1 Å². The van der Waals surface area contributed by atoms with Crippen molar-refractivity contribution in [1.29, 1.82) is 0 Å². The van der Waals surface area contributed by atoms with E-state index in [1.807, 2.05) is 0 Å². The lowest BCUT2D eigenvalue weighted by molar-refractivity contribution is -0.348. The van der Waals surface area contributed by atoms with Crippen LogP contribution in [-0.4, -0.2) is 37.7 Å². The molecule has 1 fully saturated rings. The summed E-state index contributed by atoms with van der Waals surface area (Å²) in [5, 5.41) is 2.88. The van der Waals surface area contributed by atoms with Gasteiger partial charge < -0.3 is 5.32 Å². The van der Waals surface area contributed by atoms with E-state index < -0.39 is 55.9 Å². The quantitative estimate of drug-likeness (QED) is 0.230. The minimum Gasteiger partial charge on any atom is -0.353 e. The Bertz CT molecular complexity index is 1630. The number of nitrogens with zero attached hydrogens (tertiary/aromatic N) is 1. The van der Waals surface area contributed by atoms with Crippen LogP contribution < -0.4 is 5.32 Å². The van der Waals surface area contributed by atoms with Gasteiger partial charge in [0.1, 0.15) is 10.6 Å². The average molecular weight is 647 g/mol. The highest BCUT2D eigenvalue weighted by Gasteiger charge is 2.73. The summed E-state index contributed by atoms with van der Waals surface area (Å²) in [6.07, 6.45) is -9.31. The summed E-state index contributed by atoms with van der Waals surface area (Å²) in [6, 6.07) is 8.24.